The zero-order valence-corrected chi connectivity index (χ0v) is 55.9. The van der Waals surface area contributed by atoms with Crippen molar-refractivity contribution in [3.05, 3.63) is 157 Å². The number of piperazine rings is 3. The molecule has 3 aromatic carbocycles. The van der Waals surface area contributed by atoms with Crippen LogP contribution in [0.15, 0.2) is 91.4 Å². The van der Waals surface area contributed by atoms with Gasteiger partial charge >= 0.3 is 6.09 Å². The van der Waals surface area contributed by atoms with Gasteiger partial charge in [0.25, 0.3) is 17.7 Å². The first-order chi connectivity index (χ1) is 46.6. The van der Waals surface area contributed by atoms with Crippen molar-refractivity contribution in [3.63, 3.8) is 0 Å². The molecule has 15 rings (SSSR count). The first-order valence-corrected chi connectivity index (χ1v) is 33.4. The van der Waals surface area contributed by atoms with E-state index in [2.05, 4.69) is 25.6 Å². The number of carbonyl (C=O) groups is 7. The van der Waals surface area contributed by atoms with Gasteiger partial charge in [-0.3, -0.25) is 43.7 Å². The third-order valence-corrected chi connectivity index (χ3v) is 19.0. The van der Waals surface area contributed by atoms with Crippen LogP contribution in [0.2, 0.25) is 15.1 Å². The van der Waals surface area contributed by atoms with Crippen molar-refractivity contribution in [1.29, 1.82) is 0 Å². The predicted molar refractivity (Wildman–Crippen MR) is 364 cm³/mol. The minimum absolute atomic E-state index is 0.00699. The Bertz CT molecular complexity index is 4200. The van der Waals surface area contributed by atoms with Crippen LogP contribution in [-0.2, 0) is 72.0 Å². The summed E-state index contributed by atoms with van der Waals surface area (Å²) in [6.45, 7) is 12.9. The number of primary amides is 3. The Labute approximate surface area is 574 Å². The first kappa shape index (κ1) is 66.2. The fourth-order valence-electron chi connectivity index (χ4n) is 13.9. The van der Waals surface area contributed by atoms with E-state index in [4.69, 9.17) is 71.0 Å². The molecule has 0 saturated carbocycles. The van der Waals surface area contributed by atoms with E-state index in [1.165, 1.54) is 0 Å². The fourth-order valence-corrected chi connectivity index (χ4v) is 14.7. The molecule has 6 aliphatic heterocycles. The van der Waals surface area contributed by atoms with Crippen molar-refractivity contribution >= 4 is 93.1 Å². The van der Waals surface area contributed by atoms with E-state index >= 15 is 0 Å². The van der Waals surface area contributed by atoms with E-state index in [1.54, 1.807) is 64.8 Å². The summed E-state index contributed by atoms with van der Waals surface area (Å²) in [7, 11) is 0. The van der Waals surface area contributed by atoms with E-state index in [0.29, 0.717) is 151 Å². The van der Waals surface area contributed by atoms with Crippen molar-refractivity contribution < 1.29 is 52.5 Å². The summed E-state index contributed by atoms with van der Waals surface area (Å²) < 4.78 is 24.1. The van der Waals surface area contributed by atoms with Gasteiger partial charge in [0.2, 0.25) is 17.7 Å². The summed E-state index contributed by atoms with van der Waals surface area (Å²) >= 11 is 19.3. The Kier molecular flexibility index (Phi) is 18.6. The number of hydrogen-bond acceptors (Lipinski definition) is 16. The van der Waals surface area contributed by atoms with Crippen LogP contribution in [0.1, 0.15) is 71.2 Å². The molecule has 97 heavy (non-hydrogen) atoms. The van der Waals surface area contributed by atoms with Crippen molar-refractivity contribution in [1.82, 2.24) is 45.2 Å². The van der Waals surface area contributed by atoms with Crippen molar-refractivity contribution in [3.8, 4) is 50.6 Å². The predicted octanol–water partition coefficient (Wildman–Crippen LogP) is 6.33. The first-order valence-electron chi connectivity index (χ1n) is 32.3. The number of nitrogens with two attached hydrogens (primary N) is 3. The molecule has 0 spiro atoms. The van der Waals surface area contributed by atoms with E-state index in [9.17, 15) is 33.6 Å². The molecule has 3 fully saturated rings. The quantitative estimate of drug-likeness (QED) is 0.106. The highest BCUT2D eigenvalue weighted by Gasteiger charge is 2.41. The normalized spacial score (nSPS) is 19.3. The van der Waals surface area contributed by atoms with E-state index in [-0.39, 0.29) is 23.8 Å². The molecular weight excluding hydrogens is 1300 g/mol. The number of amides is 7. The molecule has 26 heteroatoms. The van der Waals surface area contributed by atoms with Gasteiger partial charge in [-0.05, 0) is 92.1 Å². The minimum atomic E-state index is -0.707. The summed E-state index contributed by atoms with van der Waals surface area (Å²) in [4.78, 5) is 108. The largest absolute Gasteiger partial charge is 0.479 e. The van der Waals surface area contributed by atoms with Crippen LogP contribution < -0.4 is 42.0 Å². The molecule has 3 atom stereocenters. The zero-order chi connectivity index (χ0) is 68.1. The van der Waals surface area contributed by atoms with Crippen LogP contribution in [0.4, 0.5) is 4.79 Å². The van der Waals surface area contributed by atoms with Crippen LogP contribution in [0.5, 0.6) is 17.2 Å². The maximum Gasteiger partial charge on any atom is 0.410 e. The number of nitrogens with one attached hydrogen (secondary N) is 2. The standard InChI is InChI=1S/C27H29ClN4O5.2C22H21ClN4O3/c1-27(2,3)37-26(35)32-10-8-31(9-11-32)25(34)21-13-15-12-16(28)14-19(23(15)36-21)17-6-7-30-20-5-4-18(22(17)20)24(29)33;2*23-13-9-12-10-18(22(29)27-7-5-25-6-8-27)30-20(12)16(11-13)14-3-4-26-17-2-1-15(19(14)17)21(24)28/h4,6-7,12,14,21H,5,8-11,13H2,1-3H3,(H2,29,33);2*1,3-4,9,11,18,25H,2,5-8,10H2,(H2,24,28)/t;2*18-/m.10/s1. The Morgan fingerprint density at radius 1 is 0.454 bits per heavy atom. The molecule has 3 aliphatic carbocycles. The summed E-state index contributed by atoms with van der Waals surface area (Å²) in [6, 6.07) is 16.4. The minimum Gasteiger partial charge on any atom is -0.479 e. The molecule has 9 aliphatic rings. The highest BCUT2D eigenvalue weighted by molar-refractivity contribution is 6.32. The van der Waals surface area contributed by atoms with Gasteiger partial charge in [-0.2, -0.15) is 0 Å². The van der Waals surface area contributed by atoms with Gasteiger partial charge in [0.15, 0.2) is 18.3 Å². The molecular formula is C71H71Cl3N12O11. The molecule has 3 saturated heterocycles. The Morgan fingerprint density at radius 2 is 0.753 bits per heavy atom. The van der Waals surface area contributed by atoms with E-state index < -0.39 is 41.6 Å². The Hall–Kier alpha value is -9.39. The number of aromatic nitrogens is 3. The fraction of sp³-hybridized carbons (Fsp3) is 0.352. The third-order valence-electron chi connectivity index (χ3n) is 18.4. The zero-order valence-electron chi connectivity index (χ0n) is 53.6. The Morgan fingerprint density at radius 3 is 1.05 bits per heavy atom. The molecule has 1 unspecified atom stereocenters. The molecule has 9 heterocycles. The van der Waals surface area contributed by atoms with Crippen LogP contribution >= 0.6 is 34.8 Å². The van der Waals surface area contributed by atoms with Gasteiger partial charge in [0, 0.05) is 218 Å². The second-order valence-electron chi connectivity index (χ2n) is 25.8. The van der Waals surface area contributed by atoms with Crippen LogP contribution in [0, 0.1) is 0 Å². The average Bonchev–Trinajstić information content (AvgIpc) is 1.63. The van der Waals surface area contributed by atoms with E-state index in [1.807, 2.05) is 67.0 Å². The summed E-state index contributed by atoms with van der Waals surface area (Å²) in [5.74, 6) is 0.183. The van der Waals surface area contributed by atoms with Gasteiger partial charge < -0.3 is 66.4 Å². The number of carbonyl (C=O) groups excluding carboxylic acids is 7. The second-order valence-corrected chi connectivity index (χ2v) is 27.1. The summed E-state index contributed by atoms with van der Waals surface area (Å²) in [6.07, 6.45) is 11.2. The number of allylic oxidation sites excluding steroid dienone is 3. The Balaban J connectivity index is 0.000000132. The maximum absolute atomic E-state index is 13.4. The molecule has 3 aromatic heterocycles. The lowest BCUT2D eigenvalue weighted by Crippen LogP contribution is -2.54. The number of pyridine rings is 3. The van der Waals surface area contributed by atoms with Crippen LogP contribution in [-0.4, -0.2) is 179 Å². The smallest absolute Gasteiger partial charge is 0.410 e. The van der Waals surface area contributed by atoms with Crippen molar-refractivity contribution in [2.24, 2.45) is 17.2 Å². The van der Waals surface area contributed by atoms with Crippen LogP contribution in [0.25, 0.3) is 50.1 Å². The maximum atomic E-state index is 13.4. The van der Waals surface area contributed by atoms with Gasteiger partial charge in [0.05, 0.1) is 17.1 Å². The lowest BCUT2D eigenvalue weighted by Gasteiger charge is -2.36. The van der Waals surface area contributed by atoms with Crippen molar-refractivity contribution in [2.75, 3.05) is 78.5 Å². The molecule has 502 valence electrons. The van der Waals surface area contributed by atoms with Crippen LogP contribution in [0.3, 0.4) is 0 Å². The molecule has 0 bridgehead atoms. The second kappa shape index (κ2) is 27.3. The molecule has 8 N–H and O–H groups in total. The topological polar surface area (TPSA) is 310 Å². The van der Waals surface area contributed by atoms with Gasteiger partial charge in [0.1, 0.15) is 22.8 Å². The number of hydrogen-bond donors (Lipinski definition) is 5. The number of fused-ring (bicyclic) bond motifs is 6. The van der Waals surface area contributed by atoms with Gasteiger partial charge in [-0.25, -0.2) is 4.79 Å². The monoisotopic (exact) mass is 1370 g/mol. The number of benzene rings is 3. The highest BCUT2D eigenvalue weighted by Crippen LogP contribution is 2.49. The SMILES string of the molecule is CC(C)(C)OC(=O)N1CCN(C(=O)C2Cc3cc(Cl)cc(-c4ccnc5c4C(C(N)=O)=CC5)c3O2)CC1.NC(=O)C1=CCc2nccc(-c3cc(Cl)cc4c3O[C@@H](C(=O)N3CCNCC3)C4)c21.NC(=O)C1=CCc2nccc(-c3cc(Cl)cc4c3O[C@H](C(=O)N3CCNCC3)C4)c21. The molecule has 0 radical (unpaired) electrons. The number of halogens is 3. The van der Waals surface area contributed by atoms with Crippen molar-refractivity contribution in [2.45, 2.75) is 83.2 Å². The summed E-state index contributed by atoms with van der Waals surface area (Å²) in [5, 5.41) is 8.11. The highest BCUT2D eigenvalue weighted by atomic mass is 35.5. The van der Waals surface area contributed by atoms with Gasteiger partial charge in [-0.15, -0.1) is 0 Å². The molecule has 7 amide bonds. The molecule has 23 nitrogen and oxygen atoms in total. The lowest BCUT2D eigenvalue weighted by atomic mass is 9.94. The lowest BCUT2D eigenvalue weighted by molar-refractivity contribution is -0.140. The average molecular weight is 1370 g/mol. The van der Waals surface area contributed by atoms with Gasteiger partial charge in [-0.1, -0.05) is 53.0 Å². The summed E-state index contributed by atoms with van der Waals surface area (Å²) in [5.41, 5.74) is 29.1. The molecule has 6 aromatic rings. The van der Waals surface area contributed by atoms with E-state index in [0.717, 1.165) is 98.9 Å². The number of ether oxygens (including phenoxy) is 4. The third kappa shape index (κ3) is 13.5. The number of nitrogens with zero attached hydrogens (tertiary/aromatic N) is 7. The number of rotatable bonds is 9.